The number of carbonyl (C=O) groups excluding carboxylic acids is 1. The second kappa shape index (κ2) is 13.6. The highest BCUT2D eigenvalue weighted by molar-refractivity contribution is 6.06. The van der Waals surface area contributed by atoms with E-state index in [0.29, 0.717) is 19.8 Å². The number of fused-ring (bicyclic) bond motifs is 3. The molecule has 0 spiro atoms. The molecule has 0 amide bonds. The molecule has 7 heteroatoms. The van der Waals surface area contributed by atoms with Gasteiger partial charge in [-0.2, -0.15) is 5.10 Å². The van der Waals surface area contributed by atoms with E-state index in [4.69, 9.17) is 9.84 Å². The number of aliphatic hydroxyl groups is 1. The van der Waals surface area contributed by atoms with Crippen LogP contribution in [0.3, 0.4) is 0 Å². The molecule has 0 unspecified atom stereocenters. The Hall–Kier alpha value is -2.64. The third-order valence-electron chi connectivity index (χ3n) is 7.21. The first-order chi connectivity index (χ1) is 17.5. The molecule has 0 aliphatic carbocycles. The van der Waals surface area contributed by atoms with Crippen LogP contribution in [0.5, 0.6) is 0 Å². The first-order valence-corrected chi connectivity index (χ1v) is 13.6. The zero-order valence-electron chi connectivity index (χ0n) is 22.5. The molecule has 1 aromatic heterocycles. The summed E-state index contributed by atoms with van der Waals surface area (Å²) in [6.45, 7) is 7.96. The van der Waals surface area contributed by atoms with Crippen LogP contribution in [0, 0.1) is 0 Å². The fourth-order valence-corrected chi connectivity index (χ4v) is 5.42. The summed E-state index contributed by atoms with van der Waals surface area (Å²) in [7, 11) is 2.07. The van der Waals surface area contributed by atoms with E-state index < -0.39 is 5.41 Å². The second-order valence-corrected chi connectivity index (χ2v) is 9.76. The van der Waals surface area contributed by atoms with Crippen LogP contribution in [0.2, 0.25) is 0 Å². The summed E-state index contributed by atoms with van der Waals surface area (Å²) in [6, 6.07) is 4.50. The first-order valence-electron chi connectivity index (χ1n) is 13.6. The molecule has 1 aliphatic rings. The van der Waals surface area contributed by atoms with Gasteiger partial charge in [0.05, 0.1) is 36.6 Å². The number of likely N-dealkylation sites (N-methyl/N-ethyl adjacent to an activating group) is 1. The zero-order valence-corrected chi connectivity index (χ0v) is 22.5. The normalized spacial score (nSPS) is 16.6. The number of nitrogens with zero attached hydrogens (tertiary/aromatic N) is 2. The number of hydrogen-bond donors (Lipinski definition) is 3. The number of ether oxygens (including phenoxy) is 1. The van der Waals surface area contributed by atoms with Crippen LogP contribution >= 0.6 is 0 Å². The third-order valence-corrected chi connectivity index (χ3v) is 7.21. The number of carbonyl (C=O) groups is 1. The minimum atomic E-state index is -0.533. The number of hydrogen-bond acceptors (Lipinski definition) is 6. The van der Waals surface area contributed by atoms with Crippen molar-refractivity contribution in [1.29, 1.82) is 0 Å². The lowest BCUT2D eigenvalue weighted by molar-refractivity contribution is -0.113. The molecule has 3 N–H and O–H groups in total. The Balaban J connectivity index is 2.22. The molecule has 7 nitrogen and oxygen atoms in total. The number of nitrogens with one attached hydrogen (secondary N) is 2. The molecule has 0 fully saturated rings. The molecule has 198 valence electrons. The van der Waals surface area contributed by atoms with E-state index >= 15 is 0 Å². The number of hydrazone groups is 1. The average molecular weight is 497 g/mol. The average Bonchev–Trinajstić information content (AvgIpc) is 3.25. The highest BCUT2D eigenvalue weighted by Gasteiger charge is 2.34. The first kappa shape index (κ1) is 27.9. The quantitative estimate of drug-likeness (QED) is 0.262. The Morgan fingerprint density at radius 1 is 1.19 bits per heavy atom. The smallest absolute Gasteiger partial charge is 0.130 e. The minimum Gasteiger partial charge on any atom is -0.394 e. The molecule has 0 radical (unpaired) electrons. The molecule has 36 heavy (non-hydrogen) atoms. The van der Waals surface area contributed by atoms with Gasteiger partial charge in [-0.05, 0) is 61.8 Å². The lowest BCUT2D eigenvalue weighted by Crippen LogP contribution is -2.32. The number of allylic oxidation sites excluding steroid dienone is 1. The molecular weight excluding hydrogens is 452 g/mol. The van der Waals surface area contributed by atoms with Gasteiger partial charge in [-0.1, -0.05) is 39.7 Å². The van der Waals surface area contributed by atoms with E-state index in [-0.39, 0.29) is 6.61 Å². The van der Waals surface area contributed by atoms with Crippen molar-refractivity contribution in [3.63, 3.8) is 0 Å². The number of aliphatic hydroxyl groups excluding tert-OH is 1. The third kappa shape index (κ3) is 6.19. The van der Waals surface area contributed by atoms with Gasteiger partial charge in [0.1, 0.15) is 6.29 Å². The predicted octanol–water partition coefficient (Wildman–Crippen LogP) is 5.20. The summed E-state index contributed by atoms with van der Waals surface area (Å²) < 4.78 is 5.57. The van der Waals surface area contributed by atoms with Gasteiger partial charge in [-0.3, -0.25) is 5.43 Å². The van der Waals surface area contributed by atoms with Crippen molar-refractivity contribution >= 4 is 28.6 Å². The van der Waals surface area contributed by atoms with Crippen molar-refractivity contribution in [1.82, 2.24) is 10.4 Å². The van der Waals surface area contributed by atoms with E-state index in [2.05, 4.69) is 66.4 Å². The van der Waals surface area contributed by atoms with Crippen LogP contribution < -0.4 is 10.3 Å². The summed E-state index contributed by atoms with van der Waals surface area (Å²) in [5, 5.41) is 14.9. The van der Waals surface area contributed by atoms with Crippen LogP contribution in [-0.4, -0.2) is 55.5 Å². The van der Waals surface area contributed by atoms with Gasteiger partial charge in [0.25, 0.3) is 0 Å². The monoisotopic (exact) mass is 496 g/mol. The van der Waals surface area contributed by atoms with E-state index in [1.165, 1.54) is 17.2 Å². The summed E-state index contributed by atoms with van der Waals surface area (Å²) >= 11 is 0. The second-order valence-electron chi connectivity index (χ2n) is 9.76. The van der Waals surface area contributed by atoms with Gasteiger partial charge < -0.3 is 24.5 Å². The number of aldehydes is 1. The number of aromatic nitrogens is 1. The van der Waals surface area contributed by atoms with Gasteiger partial charge in [0.15, 0.2) is 0 Å². The molecule has 1 aromatic carbocycles. The maximum atomic E-state index is 12.8. The number of anilines is 1. The number of H-pyrrole nitrogens is 1. The summed E-state index contributed by atoms with van der Waals surface area (Å²) in [4.78, 5) is 18.7. The summed E-state index contributed by atoms with van der Waals surface area (Å²) in [6.07, 6.45) is 12.6. The highest BCUT2D eigenvalue weighted by atomic mass is 16.5. The van der Waals surface area contributed by atoms with Gasteiger partial charge in [0.2, 0.25) is 0 Å². The van der Waals surface area contributed by atoms with Crippen LogP contribution in [0.1, 0.15) is 82.5 Å². The Labute approximate surface area is 216 Å². The Kier molecular flexibility index (Phi) is 10.6. The van der Waals surface area contributed by atoms with Crippen LogP contribution in [-0.2, 0) is 21.4 Å². The molecule has 1 aliphatic heterocycles. The Morgan fingerprint density at radius 2 is 1.97 bits per heavy atom. The maximum Gasteiger partial charge on any atom is 0.130 e. The summed E-state index contributed by atoms with van der Waals surface area (Å²) in [5.74, 6) is 0. The molecule has 2 aromatic rings. The number of aryl methyl sites for hydroxylation is 1. The zero-order chi connectivity index (χ0) is 26.0. The van der Waals surface area contributed by atoms with Crippen molar-refractivity contribution in [2.75, 3.05) is 38.3 Å². The molecule has 2 heterocycles. The van der Waals surface area contributed by atoms with Crippen LogP contribution in [0.25, 0.3) is 10.9 Å². The van der Waals surface area contributed by atoms with E-state index in [1.54, 1.807) is 0 Å². The highest BCUT2D eigenvalue weighted by Crippen LogP contribution is 2.42. The predicted molar refractivity (Wildman–Crippen MR) is 149 cm³/mol. The largest absolute Gasteiger partial charge is 0.394 e. The summed E-state index contributed by atoms with van der Waals surface area (Å²) in [5.41, 5.74) is 9.17. The minimum absolute atomic E-state index is 0.0169. The van der Waals surface area contributed by atoms with Gasteiger partial charge >= 0.3 is 0 Å². The molecule has 0 atom stereocenters. The number of rotatable bonds is 13. The van der Waals surface area contributed by atoms with Gasteiger partial charge in [-0.25, -0.2) is 0 Å². The standard InChI is InChI=1S/C29H44N4O3/c1-5-12-29(21-35,13-6-2)24-20-26-23(19-27(24)33(4)15-17-36-18-16-34)22-11-9-8-10-14-30-32-25(7-3)28(22)31-26/h10,14,19-21,30-31,34H,5-9,11-13,15-18H2,1-4H3/b14-10+,32-25+. The van der Waals surface area contributed by atoms with Gasteiger partial charge in [0, 0.05) is 36.4 Å². The Bertz CT molecular complexity index is 1050. The topological polar surface area (TPSA) is 90.0 Å². The van der Waals surface area contributed by atoms with Crippen LogP contribution in [0.15, 0.2) is 29.5 Å². The fourth-order valence-electron chi connectivity index (χ4n) is 5.42. The van der Waals surface area contributed by atoms with Crippen molar-refractivity contribution in [2.24, 2.45) is 5.10 Å². The molecule has 0 bridgehead atoms. The van der Waals surface area contributed by atoms with E-state index in [1.807, 2.05) is 6.20 Å². The lowest BCUT2D eigenvalue weighted by atomic mass is 9.73. The molecular formula is C29H44N4O3. The van der Waals surface area contributed by atoms with Crippen molar-refractivity contribution in [3.05, 3.63) is 41.2 Å². The maximum absolute atomic E-state index is 12.8. The van der Waals surface area contributed by atoms with Crippen molar-refractivity contribution in [2.45, 2.75) is 77.6 Å². The van der Waals surface area contributed by atoms with E-state index in [0.717, 1.165) is 79.5 Å². The lowest BCUT2D eigenvalue weighted by Gasteiger charge is -2.33. The van der Waals surface area contributed by atoms with Gasteiger partial charge in [-0.15, -0.1) is 0 Å². The molecule has 0 saturated carbocycles. The van der Waals surface area contributed by atoms with Crippen molar-refractivity contribution < 1.29 is 14.6 Å². The Morgan fingerprint density at radius 3 is 2.64 bits per heavy atom. The van der Waals surface area contributed by atoms with E-state index in [9.17, 15) is 4.79 Å². The fraction of sp³-hybridized carbons (Fsp3) is 0.586. The van der Waals surface area contributed by atoms with Crippen LogP contribution in [0.4, 0.5) is 5.69 Å². The molecule has 0 saturated heterocycles. The van der Waals surface area contributed by atoms with Crippen molar-refractivity contribution in [3.8, 4) is 0 Å². The number of benzene rings is 1. The molecule has 3 rings (SSSR count). The number of aromatic amines is 1. The SMILES string of the molecule is CCCC(C=O)(CCC)c1cc2[nH]c3c(c2cc1N(C)CCOCCO)CCC/C=C/N/N=C/3CC.